The third-order valence-corrected chi connectivity index (χ3v) is 5.13. The number of methoxy groups -OCH3 is 1. The van der Waals surface area contributed by atoms with Crippen molar-refractivity contribution in [3.63, 3.8) is 0 Å². The predicted molar refractivity (Wildman–Crippen MR) is 114 cm³/mol. The van der Waals surface area contributed by atoms with Crippen molar-refractivity contribution in [2.45, 2.75) is 37.8 Å². The van der Waals surface area contributed by atoms with Gasteiger partial charge in [-0.1, -0.05) is 0 Å². The largest absolute Gasteiger partial charge is 0.416 e. The summed E-state index contributed by atoms with van der Waals surface area (Å²) < 4.78 is 70.7. The summed E-state index contributed by atoms with van der Waals surface area (Å²) >= 11 is 0. The smallest absolute Gasteiger partial charge is 0.384 e. The number of rotatable bonds is 9. The van der Waals surface area contributed by atoms with E-state index in [4.69, 9.17) is 4.74 Å². The maximum absolute atomic E-state index is 13.4. The Morgan fingerprint density at radius 2 is 1.97 bits per heavy atom. The summed E-state index contributed by atoms with van der Waals surface area (Å²) in [6.45, 7) is 1.15. The quantitative estimate of drug-likeness (QED) is 0.515. The number of alkyl halides is 5. The fourth-order valence-corrected chi connectivity index (χ4v) is 3.43. The number of aromatic nitrogens is 3. The lowest BCUT2D eigenvalue weighted by atomic mass is 10.0. The van der Waals surface area contributed by atoms with Gasteiger partial charge in [-0.15, -0.1) is 0 Å². The molecule has 3 heterocycles. The number of hydrogen-bond donors (Lipinski definition) is 2. The molecule has 13 heteroatoms. The number of amides is 1. The number of likely N-dealkylation sites (tertiary alicyclic amines) is 1. The highest BCUT2D eigenvalue weighted by Gasteiger charge is 2.31. The summed E-state index contributed by atoms with van der Waals surface area (Å²) in [5.41, 5.74) is -0.433. The molecule has 3 rings (SSSR count). The molecule has 34 heavy (non-hydrogen) atoms. The SMILES string of the molecule is COCCC(=O)N1CCC(c2cc(Nc3cc(C(F)(F)F)ccn3)nc(NCC(C)(F)F)n2)C1. The van der Waals surface area contributed by atoms with E-state index in [2.05, 4.69) is 25.6 Å². The molecule has 1 unspecified atom stereocenters. The van der Waals surface area contributed by atoms with Gasteiger partial charge in [0.2, 0.25) is 11.9 Å². The zero-order chi connectivity index (χ0) is 24.9. The second-order valence-electron chi connectivity index (χ2n) is 8.05. The van der Waals surface area contributed by atoms with E-state index >= 15 is 0 Å². The fourth-order valence-electron chi connectivity index (χ4n) is 3.43. The highest BCUT2D eigenvalue weighted by molar-refractivity contribution is 5.76. The van der Waals surface area contributed by atoms with Crippen LogP contribution < -0.4 is 10.6 Å². The van der Waals surface area contributed by atoms with Crippen LogP contribution >= 0.6 is 0 Å². The Kier molecular flexibility index (Phi) is 7.85. The molecule has 2 aromatic heterocycles. The van der Waals surface area contributed by atoms with Crippen molar-refractivity contribution in [3.05, 3.63) is 35.7 Å². The van der Waals surface area contributed by atoms with Gasteiger partial charge < -0.3 is 20.3 Å². The Morgan fingerprint density at radius 3 is 2.65 bits per heavy atom. The Hall–Kier alpha value is -3.09. The van der Waals surface area contributed by atoms with Crippen LogP contribution in [0.4, 0.5) is 39.5 Å². The number of nitrogens with one attached hydrogen (secondary N) is 2. The second-order valence-corrected chi connectivity index (χ2v) is 8.05. The van der Waals surface area contributed by atoms with E-state index in [0.717, 1.165) is 25.3 Å². The summed E-state index contributed by atoms with van der Waals surface area (Å²) in [6, 6.07) is 3.17. The number of carbonyl (C=O) groups is 1. The zero-order valence-electron chi connectivity index (χ0n) is 18.6. The molecule has 1 aliphatic heterocycles. The molecule has 0 radical (unpaired) electrons. The number of anilines is 3. The molecular weight excluding hydrogens is 463 g/mol. The van der Waals surface area contributed by atoms with Gasteiger partial charge in [0.25, 0.3) is 5.92 Å². The molecule has 8 nitrogen and oxygen atoms in total. The fraction of sp³-hybridized carbons (Fsp3) is 0.524. The van der Waals surface area contributed by atoms with Crippen molar-refractivity contribution < 1.29 is 31.5 Å². The van der Waals surface area contributed by atoms with Gasteiger partial charge in [-0.25, -0.2) is 18.7 Å². The van der Waals surface area contributed by atoms with Gasteiger partial charge in [0.05, 0.1) is 30.8 Å². The summed E-state index contributed by atoms with van der Waals surface area (Å²) in [4.78, 5) is 26.3. The first-order valence-electron chi connectivity index (χ1n) is 10.5. The topological polar surface area (TPSA) is 92.3 Å². The number of pyridine rings is 1. The van der Waals surface area contributed by atoms with Gasteiger partial charge in [-0.3, -0.25) is 4.79 Å². The molecule has 1 saturated heterocycles. The van der Waals surface area contributed by atoms with Crippen LogP contribution in [0.5, 0.6) is 0 Å². The Morgan fingerprint density at radius 1 is 1.21 bits per heavy atom. The molecular formula is C21H25F5N6O2. The van der Waals surface area contributed by atoms with E-state index in [0.29, 0.717) is 31.8 Å². The van der Waals surface area contributed by atoms with Crippen LogP contribution in [0.15, 0.2) is 24.4 Å². The van der Waals surface area contributed by atoms with E-state index in [1.54, 1.807) is 4.90 Å². The Balaban J connectivity index is 1.84. The van der Waals surface area contributed by atoms with Crippen LogP contribution in [-0.4, -0.2) is 65.0 Å². The van der Waals surface area contributed by atoms with Crippen molar-refractivity contribution in [1.29, 1.82) is 0 Å². The van der Waals surface area contributed by atoms with Crippen LogP contribution in [0.25, 0.3) is 0 Å². The highest BCUT2D eigenvalue weighted by Crippen LogP contribution is 2.32. The first kappa shape index (κ1) is 25.5. The van der Waals surface area contributed by atoms with Crippen molar-refractivity contribution in [2.24, 2.45) is 0 Å². The van der Waals surface area contributed by atoms with Gasteiger partial charge in [0.1, 0.15) is 11.6 Å². The van der Waals surface area contributed by atoms with E-state index in [-0.39, 0.29) is 35.8 Å². The maximum Gasteiger partial charge on any atom is 0.416 e. The lowest BCUT2D eigenvalue weighted by molar-refractivity contribution is -0.137. The molecule has 2 N–H and O–H groups in total. The average Bonchev–Trinajstić information content (AvgIpc) is 3.26. The normalized spacial score (nSPS) is 16.6. The number of halogens is 5. The number of ether oxygens (including phenoxy) is 1. The lowest BCUT2D eigenvalue weighted by Crippen LogP contribution is -2.29. The molecule has 1 amide bonds. The predicted octanol–water partition coefficient (Wildman–Crippen LogP) is 4.05. The lowest BCUT2D eigenvalue weighted by Gasteiger charge is -2.18. The summed E-state index contributed by atoms with van der Waals surface area (Å²) in [5, 5.41) is 5.16. The van der Waals surface area contributed by atoms with Crippen LogP contribution in [0.2, 0.25) is 0 Å². The summed E-state index contributed by atoms with van der Waals surface area (Å²) in [5.74, 6) is -3.45. The number of hydrogen-bond acceptors (Lipinski definition) is 7. The van der Waals surface area contributed by atoms with E-state index in [1.165, 1.54) is 13.2 Å². The second kappa shape index (κ2) is 10.5. The van der Waals surface area contributed by atoms with E-state index < -0.39 is 24.2 Å². The summed E-state index contributed by atoms with van der Waals surface area (Å²) in [7, 11) is 1.50. The minimum atomic E-state index is -4.56. The van der Waals surface area contributed by atoms with Gasteiger partial charge in [-0.2, -0.15) is 18.2 Å². The van der Waals surface area contributed by atoms with Crippen molar-refractivity contribution >= 4 is 23.5 Å². The molecule has 0 bridgehead atoms. The average molecular weight is 488 g/mol. The molecule has 0 spiro atoms. The molecule has 0 saturated carbocycles. The van der Waals surface area contributed by atoms with Gasteiger partial charge >= 0.3 is 6.18 Å². The van der Waals surface area contributed by atoms with Gasteiger partial charge in [-0.05, 0) is 18.6 Å². The van der Waals surface area contributed by atoms with Crippen molar-refractivity contribution in [2.75, 3.05) is 44.0 Å². The van der Waals surface area contributed by atoms with E-state index in [9.17, 15) is 26.7 Å². The third-order valence-electron chi connectivity index (χ3n) is 5.13. The van der Waals surface area contributed by atoms with Crippen LogP contribution in [-0.2, 0) is 15.7 Å². The molecule has 0 aliphatic carbocycles. The Bertz CT molecular complexity index is 998. The van der Waals surface area contributed by atoms with Crippen LogP contribution in [0.3, 0.4) is 0 Å². The number of carbonyl (C=O) groups excluding carboxylic acids is 1. The maximum atomic E-state index is 13.4. The van der Waals surface area contributed by atoms with Crippen molar-refractivity contribution in [1.82, 2.24) is 19.9 Å². The minimum absolute atomic E-state index is 0.0751. The van der Waals surface area contributed by atoms with E-state index in [1.807, 2.05) is 0 Å². The first-order chi connectivity index (χ1) is 15.9. The molecule has 186 valence electrons. The molecule has 0 aromatic carbocycles. The van der Waals surface area contributed by atoms with Gasteiger partial charge in [0, 0.05) is 45.3 Å². The first-order valence-corrected chi connectivity index (χ1v) is 10.5. The van der Waals surface area contributed by atoms with Crippen LogP contribution in [0, 0.1) is 0 Å². The molecule has 1 aliphatic rings. The Labute approximate surface area is 192 Å². The zero-order valence-corrected chi connectivity index (χ0v) is 18.6. The van der Waals surface area contributed by atoms with Gasteiger partial charge in [0.15, 0.2) is 0 Å². The molecule has 2 aromatic rings. The number of nitrogens with zero attached hydrogens (tertiary/aromatic N) is 4. The molecule has 1 fully saturated rings. The molecule has 1 atom stereocenters. The van der Waals surface area contributed by atoms with Crippen LogP contribution in [0.1, 0.15) is 36.9 Å². The van der Waals surface area contributed by atoms with Crippen molar-refractivity contribution in [3.8, 4) is 0 Å². The highest BCUT2D eigenvalue weighted by atomic mass is 19.4. The standard InChI is InChI=1S/C21H25F5N6O2/c1-20(22,23)12-28-19-29-15(13-4-7-32(11-13)18(33)5-8-34-2)10-17(31-19)30-16-9-14(3-6-27-16)21(24,25)26/h3,6,9-10,13H,4-5,7-8,11-12H2,1-2H3,(H2,27,28,29,30,31). The summed E-state index contributed by atoms with van der Waals surface area (Å²) in [6.07, 6.45) is -2.73. The monoisotopic (exact) mass is 488 g/mol. The minimum Gasteiger partial charge on any atom is -0.384 e. The third kappa shape index (κ3) is 7.20.